The Labute approximate surface area is 167 Å². The van der Waals surface area contributed by atoms with Crippen molar-refractivity contribution in [3.8, 4) is 5.69 Å². The van der Waals surface area contributed by atoms with Crippen molar-refractivity contribution < 1.29 is 4.79 Å². The lowest BCUT2D eigenvalue weighted by atomic mass is 10.1. The topological polar surface area (TPSA) is 81.8 Å². The number of nitrogens with one attached hydrogen (secondary N) is 1. The van der Waals surface area contributed by atoms with E-state index in [0.717, 1.165) is 11.4 Å². The molecule has 0 atom stereocenters. The van der Waals surface area contributed by atoms with Crippen LogP contribution in [0, 0.1) is 0 Å². The summed E-state index contributed by atoms with van der Waals surface area (Å²) in [5, 5.41) is 12.4. The van der Waals surface area contributed by atoms with E-state index in [1.54, 1.807) is 23.0 Å². The van der Waals surface area contributed by atoms with Gasteiger partial charge < -0.3 is 5.32 Å². The third-order valence-corrected chi connectivity index (χ3v) is 4.61. The van der Waals surface area contributed by atoms with Gasteiger partial charge in [-0.15, -0.1) is 0 Å². The largest absolute Gasteiger partial charge is 0.324 e. The van der Waals surface area contributed by atoms with Gasteiger partial charge in [0.2, 0.25) is 5.91 Å². The van der Waals surface area contributed by atoms with E-state index in [1.807, 2.05) is 62.4 Å². The van der Waals surface area contributed by atoms with Crippen LogP contribution in [0.5, 0.6) is 0 Å². The first-order valence-electron chi connectivity index (χ1n) is 9.43. The second kappa shape index (κ2) is 7.71. The Morgan fingerprint density at radius 3 is 2.34 bits per heavy atom. The van der Waals surface area contributed by atoms with Crippen molar-refractivity contribution in [3.05, 3.63) is 82.9 Å². The molecule has 4 aromatic rings. The molecule has 2 aromatic carbocycles. The van der Waals surface area contributed by atoms with Crippen LogP contribution in [-0.4, -0.2) is 25.5 Å². The Kier molecular flexibility index (Phi) is 4.95. The number of anilines is 1. The van der Waals surface area contributed by atoms with E-state index >= 15 is 0 Å². The number of hydrogen-bond donors (Lipinski definition) is 1. The zero-order valence-electron chi connectivity index (χ0n) is 16.2. The van der Waals surface area contributed by atoms with Gasteiger partial charge in [0.15, 0.2) is 0 Å². The van der Waals surface area contributed by atoms with Crippen molar-refractivity contribution in [1.82, 2.24) is 19.6 Å². The smallest absolute Gasteiger partial charge is 0.293 e. The minimum atomic E-state index is -0.353. The summed E-state index contributed by atoms with van der Waals surface area (Å²) in [6.45, 7) is 3.82. The molecule has 0 spiro atoms. The van der Waals surface area contributed by atoms with Crippen LogP contribution in [0.15, 0.2) is 71.7 Å². The highest BCUT2D eigenvalue weighted by atomic mass is 16.2. The van der Waals surface area contributed by atoms with Crippen LogP contribution in [0.1, 0.15) is 25.5 Å². The fourth-order valence-corrected chi connectivity index (χ4v) is 3.25. The van der Waals surface area contributed by atoms with E-state index in [2.05, 4.69) is 15.5 Å². The van der Waals surface area contributed by atoms with Gasteiger partial charge in [0.25, 0.3) is 5.56 Å². The average molecular weight is 387 g/mol. The van der Waals surface area contributed by atoms with Crippen molar-refractivity contribution in [1.29, 1.82) is 0 Å². The Hall–Kier alpha value is -3.74. The molecule has 29 heavy (non-hydrogen) atoms. The summed E-state index contributed by atoms with van der Waals surface area (Å²) < 4.78 is 2.83. The standard InChI is InChI=1S/C22H21N5O2/c1-15(2)20-18-13-23-27(17-11-7-4-8-12-17)21(18)22(29)26(25-20)14-19(28)24-16-9-5-3-6-10-16/h3-13,15H,14H2,1-2H3,(H,24,28). The van der Waals surface area contributed by atoms with E-state index in [4.69, 9.17) is 0 Å². The lowest BCUT2D eigenvalue weighted by Crippen LogP contribution is -2.31. The lowest BCUT2D eigenvalue weighted by molar-refractivity contribution is -0.117. The SMILES string of the molecule is CC(C)c1nn(CC(=O)Nc2ccccc2)c(=O)c2c1cnn2-c1ccccc1. The second-order valence-corrected chi connectivity index (χ2v) is 7.07. The molecule has 1 amide bonds. The summed E-state index contributed by atoms with van der Waals surface area (Å²) in [6, 6.07) is 18.6. The quantitative estimate of drug-likeness (QED) is 0.569. The number of rotatable bonds is 5. The van der Waals surface area contributed by atoms with E-state index in [0.29, 0.717) is 16.6 Å². The molecule has 1 N–H and O–H groups in total. The minimum Gasteiger partial charge on any atom is -0.324 e. The highest BCUT2D eigenvalue weighted by Crippen LogP contribution is 2.22. The number of nitrogens with zero attached hydrogens (tertiary/aromatic N) is 4. The van der Waals surface area contributed by atoms with Crippen LogP contribution in [0.4, 0.5) is 5.69 Å². The maximum Gasteiger partial charge on any atom is 0.293 e. The lowest BCUT2D eigenvalue weighted by Gasteiger charge is -2.12. The molecule has 7 nitrogen and oxygen atoms in total. The van der Waals surface area contributed by atoms with Gasteiger partial charge in [-0.3, -0.25) is 9.59 Å². The van der Waals surface area contributed by atoms with Crippen LogP contribution in [0.3, 0.4) is 0 Å². The highest BCUT2D eigenvalue weighted by Gasteiger charge is 2.19. The van der Waals surface area contributed by atoms with Crippen LogP contribution < -0.4 is 10.9 Å². The van der Waals surface area contributed by atoms with Crippen molar-refractivity contribution >= 4 is 22.5 Å². The number of benzene rings is 2. The van der Waals surface area contributed by atoms with Crippen molar-refractivity contribution in [2.45, 2.75) is 26.3 Å². The van der Waals surface area contributed by atoms with Crippen LogP contribution in [-0.2, 0) is 11.3 Å². The molecule has 0 fully saturated rings. The van der Waals surface area contributed by atoms with Gasteiger partial charge in [-0.2, -0.15) is 10.2 Å². The molecule has 0 bridgehead atoms. The number of amides is 1. The van der Waals surface area contributed by atoms with Crippen LogP contribution in [0.2, 0.25) is 0 Å². The maximum atomic E-state index is 13.2. The van der Waals surface area contributed by atoms with Gasteiger partial charge in [0.05, 0.1) is 17.6 Å². The maximum absolute atomic E-state index is 13.2. The van der Waals surface area contributed by atoms with E-state index in [1.165, 1.54) is 4.68 Å². The third kappa shape index (κ3) is 3.67. The summed E-state index contributed by atoms with van der Waals surface area (Å²) in [4.78, 5) is 25.7. The summed E-state index contributed by atoms with van der Waals surface area (Å²) in [6.07, 6.45) is 1.67. The Bertz CT molecular complexity index is 1210. The van der Waals surface area contributed by atoms with Crippen LogP contribution in [0.25, 0.3) is 16.6 Å². The first-order valence-corrected chi connectivity index (χ1v) is 9.43. The first kappa shape index (κ1) is 18.6. The van der Waals surface area contributed by atoms with E-state index in [-0.39, 0.29) is 23.9 Å². The summed E-state index contributed by atoms with van der Waals surface area (Å²) in [5.74, 6) is -0.249. The van der Waals surface area contributed by atoms with Crippen molar-refractivity contribution in [2.24, 2.45) is 0 Å². The molecule has 0 aliphatic heterocycles. The zero-order valence-corrected chi connectivity index (χ0v) is 16.2. The van der Waals surface area contributed by atoms with Gasteiger partial charge >= 0.3 is 0 Å². The predicted octanol–water partition coefficient (Wildman–Crippen LogP) is 3.34. The molecule has 2 heterocycles. The molecule has 4 rings (SSSR count). The average Bonchev–Trinajstić information content (AvgIpc) is 3.16. The van der Waals surface area contributed by atoms with E-state index in [9.17, 15) is 9.59 Å². The van der Waals surface area contributed by atoms with Gasteiger partial charge in [0.1, 0.15) is 12.1 Å². The van der Waals surface area contributed by atoms with Crippen molar-refractivity contribution in [2.75, 3.05) is 5.32 Å². The normalized spacial score (nSPS) is 11.1. The molecule has 0 unspecified atom stereocenters. The Balaban J connectivity index is 1.79. The van der Waals surface area contributed by atoms with Gasteiger partial charge in [0, 0.05) is 11.1 Å². The van der Waals surface area contributed by atoms with Gasteiger partial charge in [-0.25, -0.2) is 9.36 Å². The zero-order chi connectivity index (χ0) is 20.4. The number of carbonyl (C=O) groups is 1. The van der Waals surface area contributed by atoms with Gasteiger partial charge in [-0.1, -0.05) is 50.2 Å². The highest BCUT2D eigenvalue weighted by molar-refractivity contribution is 5.90. The summed E-state index contributed by atoms with van der Waals surface area (Å²) in [7, 11) is 0. The van der Waals surface area contributed by atoms with Gasteiger partial charge in [-0.05, 0) is 30.2 Å². The van der Waals surface area contributed by atoms with Crippen LogP contribution >= 0.6 is 0 Å². The molecule has 7 heteroatoms. The Morgan fingerprint density at radius 1 is 1.03 bits per heavy atom. The number of hydrogen-bond acceptors (Lipinski definition) is 4. The molecule has 0 aliphatic rings. The minimum absolute atomic E-state index is 0.0648. The Morgan fingerprint density at radius 2 is 1.69 bits per heavy atom. The number of fused-ring (bicyclic) bond motifs is 1. The summed E-state index contributed by atoms with van der Waals surface area (Å²) in [5.41, 5.74) is 2.25. The molecule has 0 saturated heterocycles. The molecule has 0 aliphatic carbocycles. The molecule has 146 valence electrons. The van der Waals surface area contributed by atoms with Crippen molar-refractivity contribution in [3.63, 3.8) is 0 Å². The van der Waals surface area contributed by atoms with E-state index < -0.39 is 0 Å². The monoisotopic (exact) mass is 387 g/mol. The molecular weight excluding hydrogens is 366 g/mol. The fraction of sp³-hybridized carbons (Fsp3) is 0.182. The number of carbonyl (C=O) groups excluding carboxylic acids is 1. The molecule has 0 saturated carbocycles. The molecule has 2 aromatic heterocycles. The first-order chi connectivity index (χ1) is 14.0. The second-order valence-electron chi connectivity index (χ2n) is 7.07. The number of para-hydroxylation sites is 2. The fourth-order valence-electron chi connectivity index (χ4n) is 3.25. The predicted molar refractivity (Wildman–Crippen MR) is 112 cm³/mol. The molecule has 0 radical (unpaired) electrons. The molecular formula is C22H21N5O2. The number of aromatic nitrogens is 4. The third-order valence-electron chi connectivity index (χ3n) is 4.61. The summed E-state index contributed by atoms with van der Waals surface area (Å²) >= 11 is 0.